The van der Waals surface area contributed by atoms with E-state index < -0.39 is 17.3 Å². The maximum Gasteiger partial charge on any atom is 0.311 e. The summed E-state index contributed by atoms with van der Waals surface area (Å²) in [6.07, 6.45) is 0.581. The molecule has 0 aromatic carbocycles. The summed E-state index contributed by atoms with van der Waals surface area (Å²) in [5, 5.41) is 9.33. The summed E-state index contributed by atoms with van der Waals surface area (Å²) in [4.78, 5) is 24.3. The Morgan fingerprint density at radius 1 is 1.38 bits per heavy atom. The molecule has 0 aromatic heterocycles. The summed E-state index contributed by atoms with van der Waals surface area (Å²) in [6.45, 7) is 6.57. The van der Waals surface area contributed by atoms with Crippen molar-refractivity contribution in [3.8, 4) is 0 Å². The van der Waals surface area contributed by atoms with E-state index in [2.05, 4.69) is 0 Å². The lowest BCUT2D eigenvalue weighted by atomic mass is 9.76. The van der Waals surface area contributed by atoms with Crippen molar-refractivity contribution in [1.82, 2.24) is 4.90 Å². The third-order valence-corrected chi connectivity index (χ3v) is 3.82. The predicted octanol–water partition coefficient (Wildman–Crippen LogP) is 0.293. The highest BCUT2D eigenvalue weighted by Gasteiger charge is 2.48. The van der Waals surface area contributed by atoms with Gasteiger partial charge in [0.15, 0.2) is 0 Å². The van der Waals surface area contributed by atoms with Crippen LogP contribution in [0.1, 0.15) is 27.2 Å². The number of rotatable bonds is 4. The molecule has 0 spiro atoms. The lowest BCUT2D eigenvalue weighted by molar-refractivity contribution is -0.151. The molecule has 3 N–H and O–H groups in total. The van der Waals surface area contributed by atoms with Crippen molar-refractivity contribution < 1.29 is 14.7 Å². The molecule has 0 aliphatic carbocycles. The number of nitrogens with zero attached hydrogens (tertiary/aromatic N) is 1. The third kappa shape index (κ3) is 2.04. The van der Waals surface area contributed by atoms with Gasteiger partial charge >= 0.3 is 5.97 Å². The summed E-state index contributed by atoms with van der Waals surface area (Å²) < 4.78 is 0. The van der Waals surface area contributed by atoms with Gasteiger partial charge < -0.3 is 10.8 Å². The van der Waals surface area contributed by atoms with E-state index in [4.69, 9.17) is 5.73 Å². The van der Waals surface area contributed by atoms with Gasteiger partial charge in [-0.1, -0.05) is 13.8 Å². The second-order valence-electron chi connectivity index (χ2n) is 4.91. The first-order valence-electron chi connectivity index (χ1n) is 5.58. The van der Waals surface area contributed by atoms with Gasteiger partial charge in [-0.25, -0.2) is 0 Å². The topological polar surface area (TPSA) is 83.6 Å². The van der Waals surface area contributed by atoms with Crippen LogP contribution >= 0.6 is 0 Å². The summed E-state index contributed by atoms with van der Waals surface area (Å²) in [7, 11) is 0. The van der Waals surface area contributed by atoms with Crippen LogP contribution in [0, 0.1) is 11.3 Å². The number of hydrogen-bond donors (Lipinski definition) is 2. The van der Waals surface area contributed by atoms with Crippen molar-refractivity contribution in [3.05, 3.63) is 0 Å². The lowest BCUT2D eigenvalue weighted by Gasteiger charge is -2.30. The number of hydrogen-bond acceptors (Lipinski definition) is 3. The van der Waals surface area contributed by atoms with Crippen LogP contribution in [0.2, 0.25) is 0 Å². The van der Waals surface area contributed by atoms with Gasteiger partial charge in [0, 0.05) is 13.1 Å². The highest BCUT2D eigenvalue weighted by Crippen LogP contribution is 2.38. The largest absolute Gasteiger partial charge is 0.481 e. The van der Waals surface area contributed by atoms with Gasteiger partial charge in [-0.3, -0.25) is 14.5 Å². The van der Waals surface area contributed by atoms with Crippen LogP contribution in [0.5, 0.6) is 0 Å². The Morgan fingerprint density at radius 3 is 2.25 bits per heavy atom. The van der Waals surface area contributed by atoms with E-state index in [1.807, 2.05) is 18.7 Å². The maximum absolute atomic E-state index is 11.4. The first kappa shape index (κ1) is 13.0. The third-order valence-electron chi connectivity index (χ3n) is 3.82. The number of carboxylic acid groups (broad SMARTS) is 1. The van der Waals surface area contributed by atoms with E-state index in [0.717, 1.165) is 0 Å². The smallest absolute Gasteiger partial charge is 0.311 e. The first-order chi connectivity index (χ1) is 7.31. The molecule has 1 heterocycles. The summed E-state index contributed by atoms with van der Waals surface area (Å²) in [6, 6.07) is -0.389. The number of carbonyl (C=O) groups excluding carboxylic acids is 1. The monoisotopic (exact) mass is 228 g/mol. The molecule has 5 nitrogen and oxygen atoms in total. The molecule has 16 heavy (non-hydrogen) atoms. The molecule has 5 heteroatoms. The fourth-order valence-electron chi connectivity index (χ4n) is 2.27. The minimum Gasteiger partial charge on any atom is -0.481 e. The highest BCUT2D eigenvalue weighted by molar-refractivity contribution is 5.80. The van der Waals surface area contributed by atoms with E-state index in [-0.39, 0.29) is 12.0 Å². The van der Waals surface area contributed by atoms with Crippen LogP contribution in [-0.4, -0.2) is 41.0 Å². The first-order valence-corrected chi connectivity index (χ1v) is 5.58. The average Bonchev–Trinajstić information content (AvgIpc) is 2.61. The number of carbonyl (C=O) groups is 2. The molecule has 1 amide bonds. The van der Waals surface area contributed by atoms with Crippen molar-refractivity contribution in [2.75, 3.05) is 13.1 Å². The minimum absolute atomic E-state index is 0.0510. The van der Waals surface area contributed by atoms with Crippen molar-refractivity contribution in [1.29, 1.82) is 0 Å². The average molecular weight is 228 g/mol. The molecule has 1 rings (SSSR count). The Kier molecular flexibility index (Phi) is 3.57. The summed E-state index contributed by atoms with van der Waals surface area (Å²) in [5.74, 6) is -1.12. The summed E-state index contributed by atoms with van der Waals surface area (Å²) >= 11 is 0. The van der Waals surface area contributed by atoms with Crippen LogP contribution in [-0.2, 0) is 9.59 Å². The number of primary amides is 1. The van der Waals surface area contributed by atoms with E-state index in [9.17, 15) is 14.7 Å². The van der Waals surface area contributed by atoms with Crippen LogP contribution in [0.4, 0.5) is 0 Å². The van der Waals surface area contributed by atoms with E-state index in [1.54, 1.807) is 6.92 Å². The summed E-state index contributed by atoms with van der Waals surface area (Å²) in [5.41, 5.74) is 4.50. The maximum atomic E-state index is 11.4. The molecule has 0 saturated carbocycles. The zero-order valence-electron chi connectivity index (χ0n) is 10.1. The van der Waals surface area contributed by atoms with Crippen molar-refractivity contribution in [3.63, 3.8) is 0 Å². The fourth-order valence-corrected chi connectivity index (χ4v) is 2.27. The molecule has 1 fully saturated rings. The van der Waals surface area contributed by atoms with E-state index in [1.165, 1.54) is 0 Å². The highest BCUT2D eigenvalue weighted by atomic mass is 16.4. The SMILES string of the molecule is CC(C(N)=O)N1CCC(C(=O)O)(C(C)C)C1. The van der Waals surface area contributed by atoms with Gasteiger partial charge in [-0.15, -0.1) is 0 Å². The molecule has 1 aliphatic rings. The predicted molar refractivity (Wildman–Crippen MR) is 59.8 cm³/mol. The van der Waals surface area contributed by atoms with Gasteiger partial charge in [0.05, 0.1) is 11.5 Å². The second kappa shape index (κ2) is 4.41. The Hall–Kier alpha value is -1.10. The molecule has 1 saturated heterocycles. The van der Waals surface area contributed by atoms with Crippen molar-refractivity contribution in [2.24, 2.45) is 17.1 Å². The second-order valence-corrected chi connectivity index (χ2v) is 4.91. The molecule has 0 bridgehead atoms. The van der Waals surface area contributed by atoms with Gasteiger partial charge in [-0.2, -0.15) is 0 Å². The van der Waals surface area contributed by atoms with Crippen LogP contribution in [0.15, 0.2) is 0 Å². The standard InChI is InChI=1S/C11H20N2O3/c1-7(2)11(10(15)16)4-5-13(6-11)8(3)9(12)14/h7-8H,4-6H2,1-3H3,(H2,12,14)(H,15,16). The molecule has 1 aliphatic heterocycles. The Labute approximate surface area is 95.6 Å². The molecule has 0 aromatic rings. The van der Waals surface area contributed by atoms with Gasteiger partial charge in [0.25, 0.3) is 0 Å². The normalized spacial score (nSPS) is 28.2. The zero-order chi connectivity index (χ0) is 12.5. The fraction of sp³-hybridized carbons (Fsp3) is 0.818. The van der Waals surface area contributed by atoms with Crippen molar-refractivity contribution in [2.45, 2.75) is 33.2 Å². The number of aliphatic carboxylic acids is 1. The molecule has 2 atom stereocenters. The van der Waals surface area contributed by atoms with E-state index >= 15 is 0 Å². The molecule has 0 radical (unpaired) electrons. The van der Waals surface area contributed by atoms with Gasteiger partial charge in [0.1, 0.15) is 0 Å². The van der Waals surface area contributed by atoms with Crippen LogP contribution in [0.3, 0.4) is 0 Å². The van der Waals surface area contributed by atoms with E-state index in [0.29, 0.717) is 19.5 Å². The number of likely N-dealkylation sites (tertiary alicyclic amines) is 1. The van der Waals surface area contributed by atoms with Crippen LogP contribution < -0.4 is 5.73 Å². The zero-order valence-corrected chi connectivity index (χ0v) is 10.1. The Bertz CT molecular complexity index is 304. The number of amides is 1. The van der Waals surface area contributed by atoms with Crippen molar-refractivity contribution >= 4 is 11.9 Å². The molecule has 92 valence electrons. The number of nitrogens with two attached hydrogens (primary N) is 1. The van der Waals surface area contributed by atoms with Crippen LogP contribution in [0.25, 0.3) is 0 Å². The van der Waals surface area contributed by atoms with Gasteiger partial charge in [-0.05, 0) is 19.3 Å². The van der Waals surface area contributed by atoms with Gasteiger partial charge in [0.2, 0.25) is 5.91 Å². The minimum atomic E-state index is -0.776. The molecule has 2 unspecified atom stereocenters. The molecular formula is C11H20N2O3. The Morgan fingerprint density at radius 2 is 1.94 bits per heavy atom. The Balaban J connectivity index is 2.83. The number of carboxylic acids is 1. The quantitative estimate of drug-likeness (QED) is 0.724. The molecular weight excluding hydrogens is 208 g/mol. The lowest BCUT2D eigenvalue weighted by Crippen LogP contribution is -2.45.